The first-order valence-electron chi connectivity index (χ1n) is 6.73. The minimum atomic E-state index is -0.105. The van der Waals surface area contributed by atoms with Crippen molar-refractivity contribution in [3.05, 3.63) is 15.5 Å². The van der Waals surface area contributed by atoms with E-state index >= 15 is 0 Å². The van der Waals surface area contributed by atoms with Gasteiger partial charge in [-0.05, 0) is 12.8 Å². The number of rotatable bonds is 1. The molecule has 6 heteroatoms. The molecule has 1 spiro atoms. The molecule has 2 fully saturated rings. The number of aromatic nitrogens is 1. The molecule has 0 atom stereocenters. The van der Waals surface area contributed by atoms with E-state index in [2.05, 4.69) is 4.98 Å². The number of morpholine rings is 1. The highest BCUT2D eigenvalue weighted by Crippen LogP contribution is 2.34. The molecule has 1 aliphatic carbocycles. The number of hydrogen-bond acceptors (Lipinski definition) is 4. The monoisotopic (exact) mass is 300 g/mol. The van der Waals surface area contributed by atoms with Crippen molar-refractivity contribution < 1.29 is 9.53 Å². The van der Waals surface area contributed by atoms with Gasteiger partial charge in [0, 0.05) is 11.9 Å². The second-order valence-electron chi connectivity index (χ2n) is 5.30. The molecular weight excluding hydrogens is 284 g/mol. The molecule has 1 aromatic heterocycles. The van der Waals surface area contributed by atoms with E-state index in [9.17, 15) is 4.79 Å². The number of carbonyl (C=O) groups excluding carboxylic acids is 1. The largest absolute Gasteiger partial charge is 0.371 e. The van der Waals surface area contributed by atoms with Crippen molar-refractivity contribution in [2.75, 3.05) is 19.7 Å². The zero-order chi connectivity index (χ0) is 13.3. The maximum absolute atomic E-state index is 12.4. The third-order valence-corrected chi connectivity index (χ3v) is 4.97. The molecule has 0 bridgehead atoms. The van der Waals surface area contributed by atoms with Gasteiger partial charge in [0.15, 0.2) is 4.47 Å². The van der Waals surface area contributed by atoms with Gasteiger partial charge in [0.05, 0.1) is 18.8 Å². The van der Waals surface area contributed by atoms with Gasteiger partial charge in [0.1, 0.15) is 5.69 Å². The molecule has 3 rings (SSSR count). The van der Waals surface area contributed by atoms with Crippen molar-refractivity contribution >= 4 is 28.8 Å². The summed E-state index contributed by atoms with van der Waals surface area (Å²) in [4.78, 5) is 18.3. The van der Waals surface area contributed by atoms with Crippen molar-refractivity contribution in [1.29, 1.82) is 0 Å². The number of halogens is 1. The number of thiazole rings is 1. The molecule has 104 valence electrons. The first kappa shape index (κ1) is 13.3. The van der Waals surface area contributed by atoms with Gasteiger partial charge in [-0.15, -0.1) is 11.3 Å². The smallest absolute Gasteiger partial charge is 0.273 e. The van der Waals surface area contributed by atoms with Gasteiger partial charge in [-0.2, -0.15) is 0 Å². The minimum absolute atomic E-state index is 0.0172. The summed E-state index contributed by atoms with van der Waals surface area (Å²) in [6.45, 7) is 1.97. The molecule has 1 amide bonds. The van der Waals surface area contributed by atoms with Crippen LogP contribution in [-0.4, -0.2) is 41.1 Å². The Morgan fingerprint density at radius 2 is 2.21 bits per heavy atom. The number of ether oxygens (including phenoxy) is 1. The Bertz CT molecular complexity index is 465. The highest BCUT2D eigenvalue weighted by Gasteiger charge is 2.39. The maximum Gasteiger partial charge on any atom is 0.273 e. The molecule has 0 radical (unpaired) electrons. The van der Waals surface area contributed by atoms with Crippen molar-refractivity contribution in [3.8, 4) is 0 Å². The second kappa shape index (κ2) is 5.38. The molecule has 0 N–H and O–H groups in total. The van der Waals surface area contributed by atoms with Gasteiger partial charge in [-0.3, -0.25) is 4.79 Å². The SMILES string of the molecule is O=C(c1csc(Cl)n1)N1CCOC2(CCCCC2)C1. The average molecular weight is 301 g/mol. The fourth-order valence-corrected chi connectivity index (χ4v) is 3.77. The van der Waals surface area contributed by atoms with E-state index in [1.54, 1.807) is 5.38 Å². The van der Waals surface area contributed by atoms with Gasteiger partial charge in [0.25, 0.3) is 5.91 Å². The lowest BCUT2D eigenvalue weighted by molar-refractivity contribution is -0.117. The predicted molar refractivity (Wildman–Crippen MR) is 74.8 cm³/mol. The molecule has 1 aliphatic heterocycles. The summed E-state index contributed by atoms with van der Waals surface area (Å²) in [5, 5.41) is 1.73. The third-order valence-electron chi connectivity index (χ3n) is 4.00. The van der Waals surface area contributed by atoms with E-state index in [0.29, 0.717) is 29.9 Å². The Balaban J connectivity index is 1.72. The van der Waals surface area contributed by atoms with Gasteiger partial charge >= 0.3 is 0 Å². The van der Waals surface area contributed by atoms with Gasteiger partial charge < -0.3 is 9.64 Å². The van der Waals surface area contributed by atoms with E-state index in [4.69, 9.17) is 16.3 Å². The molecule has 4 nitrogen and oxygen atoms in total. The van der Waals surface area contributed by atoms with Gasteiger partial charge in [-0.1, -0.05) is 30.9 Å². The topological polar surface area (TPSA) is 42.4 Å². The van der Waals surface area contributed by atoms with E-state index in [1.165, 1.54) is 30.6 Å². The van der Waals surface area contributed by atoms with Crippen LogP contribution in [0.15, 0.2) is 5.38 Å². The van der Waals surface area contributed by atoms with Gasteiger partial charge in [-0.25, -0.2) is 4.98 Å². The van der Waals surface area contributed by atoms with Crippen LogP contribution in [0.5, 0.6) is 0 Å². The van der Waals surface area contributed by atoms with Crippen LogP contribution in [-0.2, 0) is 4.74 Å². The van der Waals surface area contributed by atoms with Crippen LogP contribution in [0.4, 0.5) is 0 Å². The van der Waals surface area contributed by atoms with Crippen molar-refractivity contribution in [1.82, 2.24) is 9.88 Å². The Hall–Kier alpha value is -0.650. The van der Waals surface area contributed by atoms with Crippen LogP contribution in [0.1, 0.15) is 42.6 Å². The number of hydrogen-bond donors (Lipinski definition) is 0. The van der Waals surface area contributed by atoms with Gasteiger partial charge in [0.2, 0.25) is 0 Å². The molecule has 1 saturated carbocycles. The van der Waals surface area contributed by atoms with E-state index in [-0.39, 0.29) is 11.5 Å². The van der Waals surface area contributed by atoms with Crippen LogP contribution in [0.3, 0.4) is 0 Å². The quantitative estimate of drug-likeness (QED) is 0.801. The molecule has 1 aromatic rings. The van der Waals surface area contributed by atoms with Crippen LogP contribution in [0.2, 0.25) is 4.47 Å². The zero-order valence-corrected chi connectivity index (χ0v) is 12.3. The van der Waals surface area contributed by atoms with Crippen LogP contribution < -0.4 is 0 Å². The maximum atomic E-state index is 12.4. The van der Waals surface area contributed by atoms with E-state index in [0.717, 1.165) is 12.8 Å². The summed E-state index contributed by atoms with van der Waals surface area (Å²) < 4.78 is 6.41. The Labute approximate surface area is 121 Å². The molecular formula is C13H17ClN2O2S. The molecule has 2 heterocycles. The van der Waals surface area contributed by atoms with Crippen LogP contribution >= 0.6 is 22.9 Å². The summed E-state index contributed by atoms with van der Waals surface area (Å²) in [5.41, 5.74) is 0.356. The van der Waals surface area contributed by atoms with Crippen LogP contribution in [0, 0.1) is 0 Å². The first-order valence-corrected chi connectivity index (χ1v) is 7.99. The summed E-state index contributed by atoms with van der Waals surface area (Å²) in [5.74, 6) is -0.0172. The standard InChI is InChI=1S/C13H17ClN2O2S/c14-12-15-10(8-19-12)11(17)16-6-7-18-13(9-16)4-2-1-3-5-13/h8H,1-7,9H2. The van der Waals surface area contributed by atoms with E-state index in [1.807, 2.05) is 4.90 Å². The molecule has 0 unspecified atom stereocenters. The fraction of sp³-hybridized carbons (Fsp3) is 0.692. The number of amides is 1. The van der Waals surface area contributed by atoms with E-state index < -0.39 is 0 Å². The molecule has 1 saturated heterocycles. The van der Waals surface area contributed by atoms with Crippen LogP contribution in [0.25, 0.3) is 0 Å². The van der Waals surface area contributed by atoms with Crippen molar-refractivity contribution in [2.24, 2.45) is 0 Å². The zero-order valence-electron chi connectivity index (χ0n) is 10.7. The Morgan fingerprint density at radius 1 is 1.42 bits per heavy atom. The third kappa shape index (κ3) is 2.78. The summed E-state index contributed by atoms with van der Waals surface area (Å²) in [6, 6.07) is 0. The summed E-state index contributed by atoms with van der Waals surface area (Å²) in [6.07, 6.45) is 5.80. The Morgan fingerprint density at radius 3 is 2.89 bits per heavy atom. The minimum Gasteiger partial charge on any atom is -0.371 e. The lowest BCUT2D eigenvalue weighted by Crippen LogP contribution is -2.54. The molecule has 0 aromatic carbocycles. The lowest BCUT2D eigenvalue weighted by atomic mass is 9.83. The molecule has 19 heavy (non-hydrogen) atoms. The number of nitrogens with zero attached hydrogens (tertiary/aromatic N) is 2. The van der Waals surface area contributed by atoms with Crippen molar-refractivity contribution in [2.45, 2.75) is 37.7 Å². The summed E-state index contributed by atoms with van der Waals surface area (Å²) in [7, 11) is 0. The normalized spacial score (nSPS) is 22.7. The fourth-order valence-electron chi connectivity index (χ4n) is 3.03. The predicted octanol–water partition coefficient (Wildman–Crippen LogP) is 2.97. The Kier molecular flexibility index (Phi) is 3.78. The average Bonchev–Trinajstić information content (AvgIpc) is 2.85. The second-order valence-corrected chi connectivity index (χ2v) is 6.74. The molecule has 2 aliphatic rings. The lowest BCUT2D eigenvalue weighted by Gasteiger charge is -2.44. The van der Waals surface area contributed by atoms with Crippen molar-refractivity contribution in [3.63, 3.8) is 0 Å². The first-order chi connectivity index (χ1) is 9.19. The summed E-state index contributed by atoms with van der Waals surface area (Å²) >= 11 is 7.10. The highest BCUT2D eigenvalue weighted by atomic mass is 35.5. The highest BCUT2D eigenvalue weighted by molar-refractivity contribution is 7.14. The number of carbonyl (C=O) groups is 1.